The summed E-state index contributed by atoms with van der Waals surface area (Å²) in [6, 6.07) is 1.63. The van der Waals surface area contributed by atoms with E-state index >= 15 is 0 Å². The second-order valence-electron chi connectivity index (χ2n) is 2.89. The van der Waals surface area contributed by atoms with Crippen LogP contribution in [0.3, 0.4) is 0 Å². The maximum absolute atomic E-state index is 11.5. The average Bonchev–Trinajstić information content (AvgIpc) is 2.59. The predicted molar refractivity (Wildman–Crippen MR) is 49.2 cm³/mol. The molecule has 1 N–H and O–H groups in total. The van der Waals surface area contributed by atoms with Gasteiger partial charge in [0.05, 0.1) is 0 Å². The van der Waals surface area contributed by atoms with Crippen LogP contribution in [0.2, 0.25) is 0 Å². The zero-order valence-electron chi connectivity index (χ0n) is 7.91. The first-order valence-electron chi connectivity index (χ1n) is 4.49. The molecule has 72 valence electrons. The highest BCUT2D eigenvalue weighted by atomic mass is 16.5. The van der Waals surface area contributed by atoms with Gasteiger partial charge in [-0.3, -0.25) is 4.79 Å². The number of carbonyl (C=O) groups excluding carboxylic acids is 1. The molecule has 0 spiro atoms. The Hall–Kier alpha value is -1.32. The monoisotopic (exact) mass is 182 g/mol. The second-order valence-corrected chi connectivity index (χ2v) is 2.89. The van der Waals surface area contributed by atoms with Gasteiger partial charge in [0.1, 0.15) is 6.26 Å². The molecule has 1 aromatic rings. The van der Waals surface area contributed by atoms with Gasteiger partial charge in [-0.25, -0.2) is 0 Å². The van der Waals surface area contributed by atoms with E-state index in [9.17, 15) is 4.79 Å². The topological polar surface area (TPSA) is 55.1 Å². The Morgan fingerprint density at radius 2 is 2.31 bits per heavy atom. The van der Waals surface area contributed by atoms with E-state index in [4.69, 9.17) is 0 Å². The number of amides is 1. The fourth-order valence-corrected chi connectivity index (χ4v) is 1.16. The van der Waals surface area contributed by atoms with Gasteiger partial charge in [-0.05, 0) is 12.8 Å². The molecule has 0 aromatic carbocycles. The molecule has 0 saturated carbocycles. The summed E-state index contributed by atoms with van der Waals surface area (Å²) in [6.45, 7) is 3.99. The Kier molecular flexibility index (Phi) is 3.49. The van der Waals surface area contributed by atoms with Crippen LogP contribution >= 0.6 is 0 Å². The van der Waals surface area contributed by atoms with E-state index in [2.05, 4.69) is 15.0 Å². The molecule has 0 bridgehead atoms. The maximum atomic E-state index is 11.5. The lowest BCUT2D eigenvalue weighted by molar-refractivity contribution is -0.120. The average molecular weight is 182 g/mol. The fourth-order valence-electron chi connectivity index (χ4n) is 1.16. The van der Waals surface area contributed by atoms with Gasteiger partial charge in [0.2, 0.25) is 5.91 Å². The standard InChI is InChI=1S/C9H14N2O2/c1-3-7(4-2)9(12)10-8-5-6-13-11-8/h5-7H,3-4H2,1-2H3,(H,10,11,12). The minimum Gasteiger partial charge on any atom is -0.363 e. The summed E-state index contributed by atoms with van der Waals surface area (Å²) < 4.78 is 4.60. The lowest BCUT2D eigenvalue weighted by atomic mass is 10.0. The maximum Gasteiger partial charge on any atom is 0.228 e. The minimum atomic E-state index is 0.0129. The van der Waals surface area contributed by atoms with Crippen molar-refractivity contribution in [3.05, 3.63) is 12.3 Å². The number of anilines is 1. The zero-order valence-corrected chi connectivity index (χ0v) is 7.91. The molecule has 4 heteroatoms. The summed E-state index contributed by atoms with van der Waals surface area (Å²) in [4.78, 5) is 11.5. The van der Waals surface area contributed by atoms with Crippen molar-refractivity contribution in [1.82, 2.24) is 5.16 Å². The summed E-state index contributed by atoms with van der Waals surface area (Å²) in [5.41, 5.74) is 0. The van der Waals surface area contributed by atoms with Crippen molar-refractivity contribution in [2.24, 2.45) is 5.92 Å². The van der Waals surface area contributed by atoms with E-state index in [1.807, 2.05) is 13.8 Å². The van der Waals surface area contributed by atoms with Crippen LogP contribution in [0.1, 0.15) is 26.7 Å². The van der Waals surface area contributed by atoms with Crippen LogP contribution < -0.4 is 5.32 Å². The van der Waals surface area contributed by atoms with Gasteiger partial charge in [0, 0.05) is 12.0 Å². The zero-order chi connectivity index (χ0) is 9.68. The lowest BCUT2D eigenvalue weighted by Gasteiger charge is -2.10. The van der Waals surface area contributed by atoms with Crippen LogP contribution in [0.25, 0.3) is 0 Å². The van der Waals surface area contributed by atoms with E-state index in [1.54, 1.807) is 6.07 Å². The largest absolute Gasteiger partial charge is 0.363 e. The van der Waals surface area contributed by atoms with Crippen LogP contribution in [0.5, 0.6) is 0 Å². The van der Waals surface area contributed by atoms with Crippen molar-refractivity contribution in [3.63, 3.8) is 0 Å². The number of carbonyl (C=O) groups is 1. The van der Waals surface area contributed by atoms with Crippen LogP contribution in [0.4, 0.5) is 5.82 Å². The van der Waals surface area contributed by atoms with E-state index < -0.39 is 0 Å². The molecule has 0 radical (unpaired) electrons. The molecule has 0 aliphatic carbocycles. The molecule has 4 nitrogen and oxygen atoms in total. The number of rotatable bonds is 4. The van der Waals surface area contributed by atoms with Crippen LogP contribution in [-0.2, 0) is 4.79 Å². The normalized spacial score (nSPS) is 10.4. The summed E-state index contributed by atoms with van der Waals surface area (Å²) in [5.74, 6) is 0.563. The van der Waals surface area contributed by atoms with Gasteiger partial charge >= 0.3 is 0 Å². The fraction of sp³-hybridized carbons (Fsp3) is 0.556. The van der Waals surface area contributed by atoms with Crippen molar-refractivity contribution in [2.75, 3.05) is 5.32 Å². The molecule has 0 unspecified atom stereocenters. The highest BCUT2D eigenvalue weighted by Gasteiger charge is 2.14. The van der Waals surface area contributed by atoms with E-state index in [0.29, 0.717) is 5.82 Å². The molecule has 0 aliphatic rings. The third kappa shape index (κ3) is 2.57. The molecular weight excluding hydrogens is 168 g/mol. The molecule has 13 heavy (non-hydrogen) atoms. The van der Waals surface area contributed by atoms with E-state index in [0.717, 1.165) is 12.8 Å². The summed E-state index contributed by atoms with van der Waals surface area (Å²) in [5, 5.41) is 6.28. The Morgan fingerprint density at radius 1 is 1.62 bits per heavy atom. The van der Waals surface area contributed by atoms with Crippen LogP contribution in [0.15, 0.2) is 16.9 Å². The van der Waals surface area contributed by atoms with Gasteiger partial charge < -0.3 is 9.84 Å². The molecule has 1 aromatic heterocycles. The van der Waals surface area contributed by atoms with Gasteiger partial charge in [0.25, 0.3) is 0 Å². The molecule has 0 atom stereocenters. The summed E-state index contributed by atoms with van der Waals surface area (Å²) in [6.07, 6.45) is 3.13. The first-order chi connectivity index (χ1) is 6.27. The van der Waals surface area contributed by atoms with Crippen molar-refractivity contribution < 1.29 is 9.32 Å². The van der Waals surface area contributed by atoms with Crippen molar-refractivity contribution in [2.45, 2.75) is 26.7 Å². The Labute approximate surface area is 77.3 Å². The summed E-state index contributed by atoms with van der Waals surface area (Å²) >= 11 is 0. The van der Waals surface area contributed by atoms with Gasteiger partial charge in [0.15, 0.2) is 5.82 Å². The third-order valence-corrected chi connectivity index (χ3v) is 2.05. The van der Waals surface area contributed by atoms with Crippen molar-refractivity contribution in [3.8, 4) is 0 Å². The Balaban J connectivity index is 2.49. The lowest BCUT2D eigenvalue weighted by Crippen LogP contribution is -2.21. The SMILES string of the molecule is CCC(CC)C(=O)Nc1ccon1. The van der Waals surface area contributed by atoms with Crippen molar-refractivity contribution in [1.29, 1.82) is 0 Å². The Morgan fingerprint density at radius 3 is 2.77 bits per heavy atom. The quantitative estimate of drug-likeness (QED) is 0.775. The van der Waals surface area contributed by atoms with Crippen molar-refractivity contribution >= 4 is 11.7 Å². The molecule has 0 aliphatic heterocycles. The van der Waals surface area contributed by atoms with Gasteiger partial charge in [-0.1, -0.05) is 19.0 Å². The molecule has 0 saturated heterocycles. The highest BCUT2D eigenvalue weighted by molar-refractivity contribution is 5.91. The first kappa shape index (κ1) is 9.77. The number of nitrogens with one attached hydrogen (secondary N) is 1. The van der Waals surface area contributed by atoms with Crippen LogP contribution in [0, 0.1) is 5.92 Å². The predicted octanol–water partition coefficient (Wildman–Crippen LogP) is 2.05. The Bertz CT molecular complexity index is 253. The number of aromatic nitrogens is 1. The van der Waals surface area contributed by atoms with E-state index in [-0.39, 0.29) is 11.8 Å². The van der Waals surface area contributed by atoms with Gasteiger partial charge in [-0.2, -0.15) is 0 Å². The second kappa shape index (κ2) is 4.64. The van der Waals surface area contributed by atoms with Crippen LogP contribution in [-0.4, -0.2) is 11.1 Å². The third-order valence-electron chi connectivity index (χ3n) is 2.05. The molecule has 1 rings (SSSR count). The molecule has 0 fully saturated rings. The molecular formula is C9H14N2O2. The van der Waals surface area contributed by atoms with Gasteiger partial charge in [-0.15, -0.1) is 0 Å². The molecule has 1 heterocycles. The summed E-state index contributed by atoms with van der Waals surface area (Å²) in [7, 11) is 0. The number of nitrogens with zero attached hydrogens (tertiary/aromatic N) is 1. The minimum absolute atomic E-state index is 0.0129. The van der Waals surface area contributed by atoms with E-state index in [1.165, 1.54) is 6.26 Å². The number of hydrogen-bond acceptors (Lipinski definition) is 3. The number of hydrogen-bond donors (Lipinski definition) is 1. The smallest absolute Gasteiger partial charge is 0.228 e. The molecule has 1 amide bonds. The highest BCUT2D eigenvalue weighted by Crippen LogP contribution is 2.11. The first-order valence-corrected chi connectivity index (χ1v) is 4.49.